The zero-order chi connectivity index (χ0) is 19.6. The van der Waals surface area contributed by atoms with E-state index in [9.17, 15) is 9.90 Å². The number of benzene rings is 2. The summed E-state index contributed by atoms with van der Waals surface area (Å²) < 4.78 is 0. The fourth-order valence-corrected chi connectivity index (χ4v) is 3.89. The van der Waals surface area contributed by atoms with Crippen molar-refractivity contribution in [2.75, 3.05) is 0 Å². The molecule has 0 saturated heterocycles. The molecule has 1 saturated carbocycles. The lowest BCUT2D eigenvalue weighted by Gasteiger charge is -2.33. The van der Waals surface area contributed by atoms with Gasteiger partial charge in [0.05, 0.1) is 0 Å². The maximum Gasteiger partial charge on any atom is 0.267 e. The highest BCUT2D eigenvalue weighted by Crippen LogP contribution is 2.28. The van der Waals surface area contributed by atoms with E-state index in [1.807, 2.05) is 42.5 Å². The zero-order valence-corrected chi connectivity index (χ0v) is 16.1. The topological polar surface area (TPSA) is 65.1 Å². The number of carbonyl (C=O) groups excluding carboxylic acids is 1. The summed E-state index contributed by atoms with van der Waals surface area (Å²) in [6.45, 7) is 0. The number of aromatic amines is 1. The van der Waals surface area contributed by atoms with Gasteiger partial charge in [-0.2, -0.15) is 0 Å². The van der Waals surface area contributed by atoms with Gasteiger partial charge in [0, 0.05) is 34.0 Å². The van der Waals surface area contributed by atoms with E-state index >= 15 is 0 Å². The van der Waals surface area contributed by atoms with Gasteiger partial charge in [0.15, 0.2) is 0 Å². The highest BCUT2D eigenvalue weighted by Gasteiger charge is 2.33. The minimum Gasteiger partial charge on any atom is -0.378 e. The molecule has 5 heteroatoms. The first-order valence-corrected chi connectivity index (χ1v) is 9.78. The number of halogens is 1. The monoisotopic (exact) mass is 392 g/mol. The van der Waals surface area contributed by atoms with Crippen LogP contribution in [0.15, 0.2) is 54.6 Å². The maximum atomic E-state index is 12.6. The molecule has 0 aliphatic heterocycles. The SMILES string of the molecule is O=C(N[C@@H]1CCC[C@](O)(C#Cc2cccc(Cl)c2)C1)c1cc2ccccc2[nH]1. The van der Waals surface area contributed by atoms with Gasteiger partial charge >= 0.3 is 0 Å². The van der Waals surface area contributed by atoms with Crippen LogP contribution in [-0.2, 0) is 0 Å². The van der Waals surface area contributed by atoms with Gasteiger partial charge in [-0.25, -0.2) is 0 Å². The molecule has 1 aliphatic carbocycles. The van der Waals surface area contributed by atoms with Gasteiger partial charge in [-0.05, 0) is 49.6 Å². The Morgan fingerprint density at radius 3 is 2.89 bits per heavy atom. The summed E-state index contributed by atoms with van der Waals surface area (Å²) in [7, 11) is 0. The summed E-state index contributed by atoms with van der Waals surface area (Å²) in [5.74, 6) is 5.85. The summed E-state index contributed by atoms with van der Waals surface area (Å²) in [4.78, 5) is 15.8. The molecule has 1 fully saturated rings. The van der Waals surface area contributed by atoms with Crippen molar-refractivity contribution < 1.29 is 9.90 Å². The molecule has 28 heavy (non-hydrogen) atoms. The molecule has 0 radical (unpaired) electrons. The molecule has 2 aromatic carbocycles. The highest BCUT2D eigenvalue weighted by atomic mass is 35.5. The summed E-state index contributed by atoms with van der Waals surface area (Å²) in [6.07, 6.45) is 2.64. The number of carbonyl (C=O) groups is 1. The second-order valence-corrected chi connectivity index (χ2v) is 7.77. The second-order valence-electron chi connectivity index (χ2n) is 7.33. The first-order chi connectivity index (χ1) is 13.5. The van der Waals surface area contributed by atoms with Crippen LogP contribution >= 0.6 is 11.6 Å². The summed E-state index contributed by atoms with van der Waals surface area (Å²) in [5.41, 5.74) is 1.12. The lowest BCUT2D eigenvalue weighted by Crippen LogP contribution is -2.45. The van der Waals surface area contributed by atoms with Gasteiger partial charge in [0.2, 0.25) is 0 Å². The molecule has 3 aromatic rings. The number of nitrogens with one attached hydrogen (secondary N) is 2. The molecule has 0 unspecified atom stereocenters. The van der Waals surface area contributed by atoms with Crippen molar-refractivity contribution in [2.45, 2.75) is 37.3 Å². The van der Waals surface area contributed by atoms with Crippen molar-refractivity contribution in [3.63, 3.8) is 0 Å². The van der Waals surface area contributed by atoms with Crippen LogP contribution in [-0.4, -0.2) is 27.6 Å². The van der Waals surface area contributed by atoms with E-state index < -0.39 is 5.60 Å². The Bertz CT molecular complexity index is 1050. The molecule has 1 heterocycles. The molecule has 0 bridgehead atoms. The third kappa shape index (κ3) is 4.22. The molecule has 1 aromatic heterocycles. The Kier molecular flexibility index (Phi) is 5.13. The third-order valence-corrected chi connectivity index (χ3v) is 5.34. The summed E-state index contributed by atoms with van der Waals surface area (Å²) in [5, 5.41) is 15.6. The van der Waals surface area contributed by atoms with Crippen molar-refractivity contribution in [2.24, 2.45) is 0 Å². The number of H-pyrrole nitrogens is 1. The highest BCUT2D eigenvalue weighted by molar-refractivity contribution is 6.30. The number of aliphatic hydroxyl groups is 1. The predicted molar refractivity (Wildman–Crippen MR) is 111 cm³/mol. The van der Waals surface area contributed by atoms with E-state index in [1.54, 1.807) is 12.1 Å². The van der Waals surface area contributed by atoms with E-state index in [4.69, 9.17) is 11.6 Å². The fourth-order valence-electron chi connectivity index (χ4n) is 3.70. The number of amides is 1. The molecule has 2 atom stereocenters. The van der Waals surface area contributed by atoms with Crippen LogP contribution in [0.4, 0.5) is 0 Å². The Hall–Kier alpha value is -2.74. The van der Waals surface area contributed by atoms with Gasteiger partial charge in [0.1, 0.15) is 11.3 Å². The Labute approximate surface area is 168 Å². The van der Waals surface area contributed by atoms with Crippen LogP contribution in [0.5, 0.6) is 0 Å². The number of fused-ring (bicyclic) bond motifs is 1. The lowest BCUT2D eigenvalue weighted by atomic mass is 9.82. The van der Waals surface area contributed by atoms with Crippen LogP contribution in [0.25, 0.3) is 10.9 Å². The maximum absolute atomic E-state index is 12.6. The second kappa shape index (κ2) is 7.71. The number of para-hydroxylation sites is 1. The van der Waals surface area contributed by atoms with Crippen molar-refractivity contribution in [1.29, 1.82) is 0 Å². The van der Waals surface area contributed by atoms with E-state index in [1.165, 1.54) is 0 Å². The normalized spacial score (nSPS) is 21.7. The number of aromatic nitrogens is 1. The predicted octanol–water partition coefficient (Wildman–Crippen LogP) is 4.28. The zero-order valence-electron chi connectivity index (χ0n) is 15.3. The Morgan fingerprint density at radius 2 is 2.07 bits per heavy atom. The summed E-state index contributed by atoms with van der Waals surface area (Å²) in [6, 6.07) is 16.8. The van der Waals surface area contributed by atoms with Crippen molar-refractivity contribution >= 4 is 28.4 Å². The van der Waals surface area contributed by atoms with Crippen LogP contribution in [0.2, 0.25) is 5.02 Å². The molecule has 3 N–H and O–H groups in total. The van der Waals surface area contributed by atoms with Gasteiger partial charge in [-0.1, -0.05) is 47.7 Å². The van der Waals surface area contributed by atoms with Crippen molar-refractivity contribution in [1.82, 2.24) is 10.3 Å². The van der Waals surface area contributed by atoms with Gasteiger partial charge < -0.3 is 15.4 Å². The molecule has 1 amide bonds. The largest absolute Gasteiger partial charge is 0.378 e. The number of hydrogen-bond acceptors (Lipinski definition) is 2. The Balaban J connectivity index is 1.45. The molecule has 4 rings (SSSR count). The van der Waals surface area contributed by atoms with Gasteiger partial charge in [-0.15, -0.1) is 0 Å². The first-order valence-electron chi connectivity index (χ1n) is 9.41. The Morgan fingerprint density at radius 1 is 1.21 bits per heavy atom. The van der Waals surface area contributed by atoms with Crippen molar-refractivity contribution in [3.8, 4) is 11.8 Å². The molecule has 0 spiro atoms. The minimum absolute atomic E-state index is 0.119. The minimum atomic E-state index is -1.11. The van der Waals surface area contributed by atoms with Crippen LogP contribution in [0.1, 0.15) is 41.7 Å². The lowest BCUT2D eigenvalue weighted by molar-refractivity contribution is 0.0451. The molecule has 1 aliphatic rings. The van der Waals surface area contributed by atoms with Gasteiger partial charge in [-0.3, -0.25) is 4.79 Å². The number of rotatable bonds is 2. The smallest absolute Gasteiger partial charge is 0.267 e. The quantitative estimate of drug-likeness (QED) is 0.570. The average Bonchev–Trinajstić information content (AvgIpc) is 3.11. The third-order valence-electron chi connectivity index (χ3n) is 5.10. The number of hydrogen-bond donors (Lipinski definition) is 3. The molecule has 142 valence electrons. The van der Waals surface area contributed by atoms with E-state index in [0.29, 0.717) is 23.6 Å². The van der Waals surface area contributed by atoms with E-state index in [-0.39, 0.29) is 11.9 Å². The van der Waals surface area contributed by atoms with Crippen LogP contribution in [0.3, 0.4) is 0 Å². The van der Waals surface area contributed by atoms with Gasteiger partial charge in [0.25, 0.3) is 5.91 Å². The molecular weight excluding hydrogens is 372 g/mol. The standard InChI is InChI=1S/C23H21ClN2O2/c24-18-7-3-5-16(13-18)10-12-23(28)11-4-8-19(15-23)25-22(27)21-14-17-6-1-2-9-20(17)26-21/h1-3,5-7,9,13-14,19,26,28H,4,8,11,15H2,(H,25,27)/t19-,23+/m1/s1. The average molecular weight is 393 g/mol. The van der Waals surface area contributed by atoms with Crippen LogP contribution in [0, 0.1) is 11.8 Å². The molecule has 4 nitrogen and oxygen atoms in total. The van der Waals surface area contributed by atoms with Crippen LogP contribution < -0.4 is 5.32 Å². The fraction of sp³-hybridized carbons (Fsp3) is 0.261. The van der Waals surface area contributed by atoms with Crippen molar-refractivity contribution in [3.05, 3.63) is 70.9 Å². The van der Waals surface area contributed by atoms with E-state index in [0.717, 1.165) is 29.3 Å². The van der Waals surface area contributed by atoms with E-state index in [2.05, 4.69) is 22.1 Å². The molecular formula is C23H21ClN2O2. The first kappa shape index (κ1) is 18.6. The summed E-state index contributed by atoms with van der Waals surface area (Å²) >= 11 is 5.99.